The molecule has 0 aliphatic carbocycles. The van der Waals surface area contributed by atoms with Crippen molar-refractivity contribution in [2.45, 2.75) is 32.1 Å². The van der Waals surface area contributed by atoms with Crippen LogP contribution in [0.15, 0.2) is 24.4 Å². The number of aryl methyl sites for hydroxylation is 2. The normalized spacial score (nSPS) is 19.4. The van der Waals surface area contributed by atoms with E-state index in [0.29, 0.717) is 12.8 Å². The molecule has 2 aromatic rings. The van der Waals surface area contributed by atoms with Crippen LogP contribution in [-0.2, 0) is 23.1 Å². The Bertz CT molecular complexity index is 700. The van der Waals surface area contributed by atoms with Crippen LogP contribution in [0.25, 0.3) is 10.9 Å². The summed E-state index contributed by atoms with van der Waals surface area (Å²) < 4.78 is 2.06. The Balaban J connectivity index is 2.08. The van der Waals surface area contributed by atoms with Crippen LogP contribution in [0.4, 0.5) is 0 Å². The van der Waals surface area contributed by atoms with E-state index in [-0.39, 0.29) is 17.7 Å². The van der Waals surface area contributed by atoms with Gasteiger partial charge in [0.1, 0.15) is 0 Å². The quantitative estimate of drug-likeness (QED) is 0.851. The molecule has 1 aromatic heterocycles. The predicted octanol–water partition coefficient (Wildman–Crippen LogP) is 2.26. The van der Waals surface area contributed by atoms with Crippen LogP contribution >= 0.6 is 0 Å². The summed E-state index contributed by atoms with van der Waals surface area (Å²) in [7, 11) is 2.00. The number of nitrogens with zero attached hydrogens (tertiary/aromatic N) is 1. The van der Waals surface area contributed by atoms with E-state index in [2.05, 4.69) is 35.0 Å². The zero-order chi connectivity index (χ0) is 14.3. The third-order valence-electron chi connectivity index (χ3n) is 4.11. The van der Waals surface area contributed by atoms with Crippen LogP contribution in [0, 0.1) is 0 Å². The van der Waals surface area contributed by atoms with Gasteiger partial charge < -0.3 is 4.57 Å². The highest BCUT2D eigenvalue weighted by molar-refractivity contribution is 6.03. The molecular weight excluding hydrogens is 252 g/mol. The summed E-state index contributed by atoms with van der Waals surface area (Å²) in [6.07, 6.45) is 4.03. The van der Waals surface area contributed by atoms with Crippen molar-refractivity contribution in [2.75, 3.05) is 0 Å². The van der Waals surface area contributed by atoms with Gasteiger partial charge in [0, 0.05) is 30.6 Å². The molecule has 1 aromatic carbocycles. The Hall–Kier alpha value is -2.10. The van der Waals surface area contributed by atoms with Crippen molar-refractivity contribution in [1.82, 2.24) is 9.88 Å². The van der Waals surface area contributed by atoms with E-state index in [4.69, 9.17) is 0 Å². The Morgan fingerprint density at radius 1 is 1.35 bits per heavy atom. The average Bonchev–Trinajstić information content (AvgIpc) is 2.75. The molecule has 0 radical (unpaired) electrons. The van der Waals surface area contributed by atoms with Gasteiger partial charge in [-0.2, -0.15) is 0 Å². The molecule has 1 atom stereocenters. The molecule has 4 heteroatoms. The van der Waals surface area contributed by atoms with Crippen molar-refractivity contribution >= 4 is 22.7 Å². The smallest absolute Gasteiger partial charge is 0.234 e. The standard InChI is InChI=1S/C16H18N2O2/c1-3-10-4-5-11-13(9-18(2)14(11)8-10)12-6-7-15(19)17-16(12)20/h4-5,8-9,12H,3,6-7H2,1-2H3,(H,17,19,20). The largest absolute Gasteiger partial charge is 0.350 e. The van der Waals surface area contributed by atoms with Gasteiger partial charge in [0.05, 0.1) is 5.92 Å². The monoisotopic (exact) mass is 270 g/mol. The van der Waals surface area contributed by atoms with E-state index >= 15 is 0 Å². The Kier molecular flexibility index (Phi) is 3.08. The Morgan fingerprint density at radius 2 is 2.15 bits per heavy atom. The lowest BCUT2D eigenvalue weighted by molar-refractivity contribution is -0.134. The number of rotatable bonds is 2. The molecule has 2 amide bonds. The second-order valence-electron chi connectivity index (χ2n) is 5.40. The molecule has 1 fully saturated rings. The van der Waals surface area contributed by atoms with Gasteiger partial charge in [0.25, 0.3) is 0 Å². The molecule has 0 saturated carbocycles. The van der Waals surface area contributed by atoms with Crippen molar-refractivity contribution < 1.29 is 9.59 Å². The van der Waals surface area contributed by atoms with Crippen LogP contribution in [0.5, 0.6) is 0 Å². The lowest BCUT2D eigenvalue weighted by Gasteiger charge is -2.20. The number of piperidine rings is 1. The second-order valence-corrected chi connectivity index (χ2v) is 5.40. The van der Waals surface area contributed by atoms with Crippen LogP contribution < -0.4 is 5.32 Å². The van der Waals surface area contributed by atoms with Gasteiger partial charge in [-0.05, 0) is 30.0 Å². The predicted molar refractivity (Wildman–Crippen MR) is 77.4 cm³/mol. The molecule has 0 bridgehead atoms. The summed E-state index contributed by atoms with van der Waals surface area (Å²) in [5.74, 6) is -0.558. The number of carbonyl (C=O) groups excluding carboxylic acids is 2. The van der Waals surface area contributed by atoms with Crippen molar-refractivity contribution in [3.63, 3.8) is 0 Å². The zero-order valence-electron chi connectivity index (χ0n) is 11.8. The fraction of sp³-hybridized carbons (Fsp3) is 0.375. The van der Waals surface area contributed by atoms with E-state index in [1.165, 1.54) is 5.56 Å². The fourth-order valence-electron chi connectivity index (χ4n) is 2.95. The number of carbonyl (C=O) groups is 2. The molecule has 0 spiro atoms. The fourth-order valence-corrected chi connectivity index (χ4v) is 2.95. The molecule has 3 rings (SSSR count). The zero-order valence-corrected chi connectivity index (χ0v) is 11.8. The summed E-state index contributed by atoms with van der Waals surface area (Å²) in [6.45, 7) is 2.13. The van der Waals surface area contributed by atoms with Crippen LogP contribution in [-0.4, -0.2) is 16.4 Å². The summed E-state index contributed by atoms with van der Waals surface area (Å²) >= 11 is 0. The summed E-state index contributed by atoms with van der Waals surface area (Å²) in [4.78, 5) is 23.3. The lowest BCUT2D eigenvalue weighted by atomic mass is 9.90. The topological polar surface area (TPSA) is 51.1 Å². The SMILES string of the molecule is CCc1ccc2c(C3CCC(=O)NC3=O)cn(C)c2c1. The molecular formula is C16H18N2O2. The molecule has 4 nitrogen and oxygen atoms in total. The number of amides is 2. The molecule has 1 N–H and O–H groups in total. The number of hydrogen-bond donors (Lipinski definition) is 1. The number of aromatic nitrogens is 1. The van der Waals surface area contributed by atoms with Gasteiger partial charge >= 0.3 is 0 Å². The maximum Gasteiger partial charge on any atom is 0.234 e. The Labute approximate surface area is 117 Å². The second kappa shape index (κ2) is 4.78. The first-order valence-electron chi connectivity index (χ1n) is 7.01. The minimum Gasteiger partial charge on any atom is -0.350 e. The molecule has 20 heavy (non-hydrogen) atoms. The first-order valence-corrected chi connectivity index (χ1v) is 7.01. The van der Waals surface area contributed by atoms with E-state index in [1.54, 1.807) is 0 Å². The third-order valence-corrected chi connectivity index (χ3v) is 4.11. The minimum absolute atomic E-state index is 0.167. The maximum atomic E-state index is 12.0. The number of benzene rings is 1. The maximum absolute atomic E-state index is 12.0. The average molecular weight is 270 g/mol. The molecule has 104 valence electrons. The molecule has 1 unspecified atom stereocenters. The number of nitrogens with one attached hydrogen (secondary N) is 1. The van der Waals surface area contributed by atoms with Gasteiger partial charge in [-0.25, -0.2) is 0 Å². The van der Waals surface area contributed by atoms with Crippen LogP contribution in [0.1, 0.15) is 36.8 Å². The van der Waals surface area contributed by atoms with Crippen LogP contribution in [0.2, 0.25) is 0 Å². The summed E-state index contributed by atoms with van der Waals surface area (Å²) in [6, 6.07) is 6.37. The first kappa shape index (κ1) is 12.9. The van der Waals surface area contributed by atoms with Crippen molar-refractivity contribution in [2.24, 2.45) is 7.05 Å². The van der Waals surface area contributed by atoms with Crippen molar-refractivity contribution in [1.29, 1.82) is 0 Å². The third kappa shape index (κ3) is 2.01. The van der Waals surface area contributed by atoms with Crippen LogP contribution in [0.3, 0.4) is 0 Å². The lowest BCUT2D eigenvalue weighted by Crippen LogP contribution is -2.39. The van der Waals surface area contributed by atoms with E-state index in [1.807, 2.05) is 13.2 Å². The molecule has 1 aliphatic heterocycles. The van der Waals surface area contributed by atoms with Crippen molar-refractivity contribution in [3.8, 4) is 0 Å². The van der Waals surface area contributed by atoms with E-state index in [9.17, 15) is 9.59 Å². The van der Waals surface area contributed by atoms with Gasteiger partial charge in [-0.3, -0.25) is 14.9 Å². The van der Waals surface area contributed by atoms with Crippen molar-refractivity contribution in [3.05, 3.63) is 35.5 Å². The van der Waals surface area contributed by atoms with E-state index in [0.717, 1.165) is 22.9 Å². The summed E-state index contributed by atoms with van der Waals surface area (Å²) in [5, 5.41) is 3.55. The highest BCUT2D eigenvalue weighted by Crippen LogP contribution is 2.32. The molecule has 1 aliphatic rings. The summed E-state index contributed by atoms with van der Waals surface area (Å²) in [5.41, 5.74) is 3.45. The first-order chi connectivity index (χ1) is 9.60. The van der Waals surface area contributed by atoms with Gasteiger partial charge in [0.15, 0.2) is 0 Å². The van der Waals surface area contributed by atoms with Gasteiger partial charge in [-0.1, -0.05) is 19.1 Å². The highest BCUT2D eigenvalue weighted by atomic mass is 16.2. The van der Waals surface area contributed by atoms with E-state index < -0.39 is 0 Å². The number of imide groups is 1. The highest BCUT2D eigenvalue weighted by Gasteiger charge is 2.30. The number of hydrogen-bond acceptors (Lipinski definition) is 2. The molecule has 2 heterocycles. The van der Waals surface area contributed by atoms with Gasteiger partial charge in [-0.15, -0.1) is 0 Å². The van der Waals surface area contributed by atoms with Gasteiger partial charge in [0.2, 0.25) is 11.8 Å². The Morgan fingerprint density at radius 3 is 2.85 bits per heavy atom. The number of fused-ring (bicyclic) bond motifs is 1. The molecule has 1 saturated heterocycles. The minimum atomic E-state index is -0.219.